The summed E-state index contributed by atoms with van der Waals surface area (Å²) in [5, 5.41) is 14.7. The van der Waals surface area contributed by atoms with Crippen molar-refractivity contribution < 1.29 is 36.6 Å². The molecule has 0 saturated carbocycles. The van der Waals surface area contributed by atoms with E-state index in [1.54, 1.807) is 7.05 Å². The number of nitrogens with zero attached hydrogens (tertiary/aromatic N) is 4. The molecule has 1 atom stereocenters. The minimum absolute atomic E-state index is 0.0152. The summed E-state index contributed by atoms with van der Waals surface area (Å²) in [6, 6.07) is 3.86. The number of pyridine rings is 1. The summed E-state index contributed by atoms with van der Waals surface area (Å²) in [5.74, 6) is -0.918. The molecule has 1 aliphatic rings. The maximum absolute atomic E-state index is 13.1. The van der Waals surface area contributed by atoms with Gasteiger partial charge >= 0.3 is 12.8 Å². The standard InChI is InChI=1S/C21H19F5N4O3/c1-10-7-11(21(24,25)26)8-15(31)17(10)14-5-4-13-18(27-14)28-30(19(13)33-20(22)23)12-3-6-16(32)29(2)9-12/h4-5,7-8,12,20,31H,3,6,9H2,1-2H3/t12-/m1/s1. The van der Waals surface area contributed by atoms with Gasteiger partial charge in [0.05, 0.1) is 22.7 Å². The Labute approximate surface area is 184 Å². The molecular formula is C21H19F5N4O3. The molecule has 0 radical (unpaired) electrons. The zero-order valence-corrected chi connectivity index (χ0v) is 17.5. The third-order valence-electron chi connectivity index (χ3n) is 5.56. The first kappa shape index (κ1) is 22.7. The molecule has 0 aliphatic carbocycles. The first-order valence-corrected chi connectivity index (χ1v) is 9.95. The number of aryl methyl sites for hydroxylation is 1. The fourth-order valence-electron chi connectivity index (χ4n) is 4.01. The first-order valence-electron chi connectivity index (χ1n) is 9.95. The molecule has 12 heteroatoms. The summed E-state index contributed by atoms with van der Waals surface area (Å²) < 4.78 is 71.3. The number of aromatic nitrogens is 3. The van der Waals surface area contributed by atoms with Gasteiger partial charge in [0, 0.05) is 25.6 Å². The zero-order valence-electron chi connectivity index (χ0n) is 17.5. The van der Waals surface area contributed by atoms with Gasteiger partial charge in [-0.2, -0.15) is 22.0 Å². The molecule has 0 bridgehead atoms. The number of benzene rings is 1. The number of ether oxygens (including phenoxy) is 1. The molecule has 3 aromatic rings. The fraction of sp³-hybridized carbons (Fsp3) is 0.381. The van der Waals surface area contributed by atoms with Crippen LogP contribution in [-0.4, -0.2) is 50.9 Å². The van der Waals surface area contributed by atoms with Crippen LogP contribution in [0.2, 0.25) is 0 Å². The van der Waals surface area contributed by atoms with Crippen molar-refractivity contribution in [3.8, 4) is 22.9 Å². The molecule has 1 aromatic carbocycles. The molecule has 33 heavy (non-hydrogen) atoms. The van der Waals surface area contributed by atoms with Crippen LogP contribution in [0.25, 0.3) is 22.3 Å². The van der Waals surface area contributed by atoms with E-state index in [2.05, 4.69) is 10.1 Å². The number of amides is 1. The van der Waals surface area contributed by atoms with E-state index in [-0.39, 0.29) is 52.6 Å². The van der Waals surface area contributed by atoms with E-state index < -0.39 is 30.1 Å². The van der Waals surface area contributed by atoms with Gasteiger partial charge in [0.25, 0.3) is 0 Å². The molecule has 0 unspecified atom stereocenters. The highest BCUT2D eigenvalue weighted by Gasteiger charge is 2.33. The summed E-state index contributed by atoms with van der Waals surface area (Å²) in [6.07, 6.45) is -4.06. The SMILES string of the molecule is Cc1cc(C(F)(F)F)cc(O)c1-c1ccc2c(OC(F)F)n([C@@H]3CCC(=O)N(C)C3)nc2n1. The molecule has 1 saturated heterocycles. The Morgan fingerprint density at radius 3 is 2.58 bits per heavy atom. The van der Waals surface area contributed by atoms with Gasteiger partial charge in [0.15, 0.2) is 5.65 Å². The second kappa shape index (κ2) is 8.16. The molecule has 1 aliphatic heterocycles. The Hall–Kier alpha value is -3.44. The van der Waals surface area contributed by atoms with Gasteiger partial charge in [0.2, 0.25) is 11.8 Å². The maximum Gasteiger partial charge on any atom is 0.416 e. The minimum atomic E-state index is -4.63. The van der Waals surface area contributed by atoms with Gasteiger partial charge in [0.1, 0.15) is 5.75 Å². The van der Waals surface area contributed by atoms with Crippen LogP contribution in [0.4, 0.5) is 22.0 Å². The molecule has 0 spiro atoms. The Balaban J connectivity index is 1.81. The van der Waals surface area contributed by atoms with Crippen LogP contribution in [0.1, 0.15) is 30.0 Å². The highest BCUT2D eigenvalue weighted by molar-refractivity contribution is 5.85. The lowest BCUT2D eigenvalue weighted by molar-refractivity contribution is -0.137. The zero-order chi connectivity index (χ0) is 24.1. The number of alkyl halides is 5. The van der Waals surface area contributed by atoms with Gasteiger partial charge in [-0.15, -0.1) is 5.10 Å². The van der Waals surface area contributed by atoms with Crippen LogP contribution in [0, 0.1) is 6.92 Å². The number of halogens is 5. The number of aromatic hydroxyl groups is 1. The van der Waals surface area contributed by atoms with Crippen molar-refractivity contribution in [2.45, 2.75) is 38.6 Å². The third kappa shape index (κ3) is 4.29. The highest BCUT2D eigenvalue weighted by Crippen LogP contribution is 2.40. The fourth-order valence-corrected chi connectivity index (χ4v) is 4.01. The van der Waals surface area contributed by atoms with Gasteiger partial charge < -0.3 is 14.7 Å². The monoisotopic (exact) mass is 470 g/mol. The normalized spacial score (nSPS) is 17.3. The van der Waals surface area contributed by atoms with Gasteiger partial charge in [-0.25, -0.2) is 9.67 Å². The predicted molar refractivity (Wildman–Crippen MR) is 107 cm³/mol. The van der Waals surface area contributed by atoms with Crippen molar-refractivity contribution in [1.29, 1.82) is 0 Å². The lowest BCUT2D eigenvalue weighted by atomic mass is 10.00. The van der Waals surface area contributed by atoms with Crippen LogP contribution in [0.5, 0.6) is 11.6 Å². The van der Waals surface area contributed by atoms with Crippen molar-refractivity contribution in [1.82, 2.24) is 19.7 Å². The number of rotatable bonds is 4. The molecule has 1 fully saturated rings. The molecule has 4 rings (SSSR count). The number of hydrogen-bond acceptors (Lipinski definition) is 5. The van der Waals surface area contributed by atoms with E-state index in [0.29, 0.717) is 12.5 Å². The number of hydrogen-bond donors (Lipinski definition) is 1. The minimum Gasteiger partial charge on any atom is -0.507 e. The average Bonchev–Trinajstić information content (AvgIpc) is 3.06. The predicted octanol–water partition coefficient (Wildman–Crippen LogP) is 4.53. The Kier molecular flexibility index (Phi) is 5.62. The number of carbonyl (C=O) groups excluding carboxylic acids is 1. The van der Waals surface area contributed by atoms with E-state index in [9.17, 15) is 31.9 Å². The van der Waals surface area contributed by atoms with Crippen molar-refractivity contribution in [3.05, 3.63) is 35.4 Å². The molecule has 2 aromatic heterocycles. The van der Waals surface area contributed by atoms with E-state index in [1.807, 2.05) is 0 Å². The molecule has 1 amide bonds. The molecular weight excluding hydrogens is 451 g/mol. The van der Waals surface area contributed by atoms with E-state index in [0.717, 1.165) is 6.07 Å². The summed E-state index contributed by atoms with van der Waals surface area (Å²) >= 11 is 0. The molecule has 3 heterocycles. The Morgan fingerprint density at radius 1 is 1.24 bits per heavy atom. The lowest BCUT2D eigenvalue weighted by Gasteiger charge is -2.30. The van der Waals surface area contributed by atoms with Crippen LogP contribution >= 0.6 is 0 Å². The van der Waals surface area contributed by atoms with Gasteiger partial charge in [-0.3, -0.25) is 4.79 Å². The number of likely N-dealkylation sites (N-methyl/N-ethyl adjacent to an activating group) is 1. The van der Waals surface area contributed by atoms with Crippen molar-refractivity contribution in [2.75, 3.05) is 13.6 Å². The van der Waals surface area contributed by atoms with Crippen LogP contribution in [0.15, 0.2) is 24.3 Å². The number of likely N-dealkylation sites (tertiary alicyclic amines) is 1. The Morgan fingerprint density at radius 2 is 1.97 bits per heavy atom. The maximum atomic E-state index is 13.1. The lowest BCUT2D eigenvalue weighted by Crippen LogP contribution is -2.38. The number of piperidine rings is 1. The molecule has 176 valence electrons. The van der Waals surface area contributed by atoms with E-state index >= 15 is 0 Å². The molecule has 7 nitrogen and oxygen atoms in total. The number of phenols is 1. The van der Waals surface area contributed by atoms with Crippen LogP contribution in [0.3, 0.4) is 0 Å². The van der Waals surface area contributed by atoms with Gasteiger partial charge in [-0.05, 0) is 43.2 Å². The quantitative estimate of drug-likeness (QED) is 0.567. The van der Waals surface area contributed by atoms with Crippen LogP contribution < -0.4 is 4.74 Å². The van der Waals surface area contributed by atoms with Crippen molar-refractivity contribution in [3.63, 3.8) is 0 Å². The summed E-state index contributed by atoms with van der Waals surface area (Å²) in [5.41, 5.74) is -0.671. The average molecular weight is 470 g/mol. The van der Waals surface area contributed by atoms with Crippen molar-refractivity contribution >= 4 is 16.9 Å². The highest BCUT2D eigenvalue weighted by atomic mass is 19.4. The smallest absolute Gasteiger partial charge is 0.416 e. The molecule has 1 N–H and O–H groups in total. The van der Waals surface area contributed by atoms with Crippen LogP contribution in [-0.2, 0) is 11.0 Å². The largest absolute Gasteiger partial charge is 0.507 e. The summed E-state index contributed by atoms with van der Waals surface area (Å²) in [7, 11) is 1.60. The second-order valence-electron chi connectivity index (χ2n) is 7.85. The van der Waals surface area contributed by atoms with E-state index in [1.165, 1.54) is 28.6 Å². The topological polar surface area (TPSA) is 80.5 Å². The third-order valence-corrected chi connectivity index (χ3v) is 5.56. The number of phenolic OH excluding ortho intramolecular Hbond substituents is 1. The first-order chi connectivity index (χ1) is 15.5. The summed E-state index contributed by atoms with van der Waals surface area (Å²) in [4.78, 5) is 17.6. The number of fused-ring (bicyclic) bond motifs is 1. The number of carbonyl (C=O) groups is 1. The van der Waals surface area contributed by atoms with E-state index in [4.69, 9.17) is 4.74 Å². The Bertz CT molecular complexity index is 1200. The van der Waals surface area contributed by atoms with Gasteiger partial charge in [-0.1, -0.05) is 0 Å². The second-order valence-corrected chi connectivity index (χ2v) is 7.85. The summed E-state index contributed by atoms with van der Waals surface area (Å²) in [6.45, 7) is -1.50. The van der Waals surface area contributed by atoms with Crippen molar-refractivity contribution in [2.24, 2.45) is 0 Å².